The second kappa shape index (κ2) is 6.12. The van der Waals surface area contributed by atoms with Gasteiger partial charge < -0.3 is 9.47 Å². The molecular formula is C17H19NO4S. The van der Waals surface area contributed by atoms with E-state index in [1.807, 2.05) is 18.2 Å². The number of ether oxygens (including phenoxy) is 2. The van der Waals surface area contributed by atoms with Crippen molar-refractivity contribution in [2.45, 2.75) is 24.7 Å². The Kier molecular flexibility index (Phi) is 4.17. The lowest BCUT2D eigenvalue weighted by molar-refractivity contribution is 0.171. The number of fused-ring (bicyclic) bond motifs is 1. The van der Waals surface area contributed by atoms with Gasteiger partial charge in [0.15, 0.2) is 11.5 Å². The van der Waals surface area contributed by atoms with Gasteiger partial charge in [0.05, 0.1) is 4.90 Å². The van der Waals surface area contributed by atoms with E-state index in [-0.39, 0.29) is 4.90 Å². The van der Waals surface area contributed by atoms with E-state index in [1.165, 1.54) is 12.1 Å². The summed E-state index contributed by atoms with van der Waals surface area (Å²) in [7, 11) is -3.67. The lowest BCUT2D eigenvalue weighted by atomic mass is 10.0. The molecule has 0 saturated carbocycles. The van der Waals surface area contributed by atoms with E-state index in [1.54, 1.807) is 12.1 Å². The minimum Gasteiger partial charge on any atom is -0.486 e. The molecule has 2 aromatic carbocycles. The predicted molar refractivity (Wildman–Crippen MR) is 88.8 cm³/mol. The molecule has 23 heavy (non-hydrogen) atoms. The lowest BCUT2D eigenvalue weighted by Crippen LogP contribution is -2.17. The van der Waals surface area contributed by atoms with E-state index >= 15 is 0 Å². The molecule has 0 aromatic heterocycles. The van der Waals surface area contributed by atoms with Crippen LogP contribution >= 0.6 is 0 Å². The molecule has 1 aliphatic rings. The van der Waals surface area contributed by atoms with Crippen molar-refractivity contribution in [2.24, 2.45) is 0 Å². The number of benzene rings is 2. The third-order valence-electron chi connectivity index (χ3n) is 3.63. The largest absolute Gasteiger partial charge is 0.486 e. The Hall–Kier alpha value is -2.21. The highest BCUT2D eigenvalue weighted by molar-refractivity contribution is 7.92. The zero-order valence-electron chi connectivity index (χ0n) is 13.1. The van der Waals surface area contributed by atoms with Crippen LogP contribution in [0, 0.1) is 0 Å². The van der Waals surface area contributed by atoms with Crippen molar-refractivity contribution in [1.82, 2.24) is 0 Å². The van der Waals surface area contributed by atoms with Crippen LogP contribution in [0.5, 0.6) is 11.5 Å². The highest BCUT2D eigenvalue weighted by Gasteiger charge is 2.19. The van der Waals surface area contributed by atoms with Crippen molar-refractivity contribution in [3.8, 4) is 11.5 Å². The van der Waals surface area contributed by atoms with Gasteiger partial charge in [-0.25, -0.2) is 8.42 Å². The molecule has 1 aliphatic heterocycles. The van der Waals surface area contributed by atoms with Crippen molar-refractivity contribution >= 4 is 15.7 Å². The number of sulfonamides is 1. The van der Waals surface area contributed by atoms with E-state index in [2.05, 4.69) is 18.6 Å². The average Bonchev–Trinajstić information content (AvgIpc) is 2.54. The molecule has 0 bridgehead atoms. The molecule has 0 unspecified atom stereocenters. The lowest BCUT2D eigenvalue weighted by Gasteiger charge is -2.19. The topological polar surface area (TPSA) is 64.6 Å². The van der Waals surface area contributed by atoms with Crippen LogP contribution in [-0.2, 0) is 10.0 Å². The van der Waals surface area contributed by atoms with Crippen LogP contribution in [0.3, 0.4) is 0 Å². The standard InChI is InChI=1S/C17H19NO4S/c1-12(2)13-4-3-5-14(10-13)18-23(19,20)15-6-7-16-17(11-15)22-9-8-21-16/h3-7,10-12,18H,8-9H2,1-2H3. The average molecular weight is 333 g/mol. The second-order valence-electron chi connectivity index (χ2n) is 5.69. The quantitative estimate of drug-likeness (QED) is 0.931. The first kappa shape index (κ1) is 15.7. The van der Waals surface area contributed by atoms with Gasteiger partial charge in [0, 0.05) is 11.8 Å². The van der Waals surface area contributed by atoms with Crippen LogP contribution < -0.4 is 14.2 Å². The molecule has 0 amide bonds. The van der Waals surface area contributed by atoms with Crippen LogP contribution in [0.4, 0.5) is 5.69 Å². The first-order valence-corrected chi connectivity index (χ1v) is 8.96. The summed E-state index contributed by atoms with van der Waals surface area (Å²) in [6, 6.07) is 12.0. The zero-order chi connectivity index (χ0) is 16.4. The van der Waals surface area contributed by atoms with Crippen LogP contribution in [0.25, 0.3) is 0 Å². The summed E-state index contributed by atoms with van der Waals surface area (Å²) in [5.74, 6) is 1.35. The summed E-state index contributed by atoms with van der Waals surface area (Å²) in [6.07, 6.45) is 0. The third kappa shape index (κ3) is 3.42. The van der Waals surface area contributed by atoms with Crippen molar-refractivity contribution < 1.29 is 17.9 Å². The van der Waals surface area contributed by atoms with E-state index in [0.29, 0.717) is 36.3 Å². The van der Waals surface area contributed by atoms with Crippen molar-refractivity contribution in [3.63, 3.8) is 0 Å². The normalized spacial score (nSPS) is 13.9. The monoisotopic (exact) mass is 333 g/mol. The summed E-state index contributed by atoms with van der Waals surface area (Å²) in [4.78, 5) is 0.150. The molecule has 0 spiro atoms. The fourth-order valence-corrected chi connectivity index (χ4v) is 3.43. The molecule has 1 N–H and O–H groups in total. The first-order chi connectivity index (χ1) is 11.0. The van der Waals surface area contributed by atoms with Gasteiger partial charge in [0.2, 0.25) is 0 Å². The molecule has 0 atom stereocenters. The van der Waals surface area contributed by atoms with Crippen LogP contribution in [0.1, 0.15) is 25.3 Å². The van der Waals surface area contributed by atoms with Crippen molar-refractivity contribution in [2.75, 3.05) is 17.9 Å². The van der Waals surface area contributed by atoms with Crippen molar-refractivity contribution in [3.05, 3.63) is 48.0 Å². The zero-order valence-corrected chi connectivity index (χ0v) is 13.9. The highest BCUT2D eigenvalue weighted by atomic mass is 32.2. The van der Waals surface area contributed by atoms with E-state index < -0.39 is 10.0 Å². The minimum absolute atomic E-state index is 0.150. The van der Waals surface area contributed by atoms with Gasteiger partial charge >= 0.3 is 0 Å². The molecule has 122 valence electrons. The van der Waals surface area contributed by atoms with Gasteiger partial charge in [-0.1, -0.05) is 26.0 Å². The molecule has 1 heterocycles. The maximum atomic E-state index is 12.6. The van der Waals surface area contributed by atoms with Crippen LogP contribution in [0.2, 0.25) is 0 Å². The van der Waals surface area contributed by atoms with Gasteiger partial charge in [0.25, 0.3) is 10.0 Å². The molecule has 0 aliphatic carbocycles. The molecule has 5 nitrogen and oxygen atoms in total. The Labute approximate surface area is 136 Å². The van der Waals surface area contributed by atoms with Crippen LogP contribution in [0.15, 0.2) is 47.4 Å². The second-order valence-corrected chi connectivity index (χ2v) is 7.37. The maximum Gasteiger partial charge on any atom is 0.262 e. The van der Waals surface area contributed by atoms with Gasteiger partial charge in [-0.15, -0.1) is 0 Å². The van der Waals surface area contributed by atoms with E-state index in [4.69, 9.17) is 9.47 Å². The maximum absolute atomic E-state index is 12.6. The molecular weight excluding hydrogens is 314 g/mol. The van der Waals surface area contributed by atoms with Gasteiger partial charge in [-0.05, 0) is 35.7 Å². The van der Waals surface area contributed by atoms with Crippen LogP contribution in [-0.4, -0.2) is 21.6 Å². The fourth-order valence-electron chi connectivity index (χ4n) is 2.37. The van der Waals surface area contributed by atoms with Gasteiger partial charge in [0.1, 0.15) is 13.2 Å². The summed E-state index contributed by atoms with van der Waals surface area (Å²) in [5, 5.41) is 0. The summed E-state index contributed by atoms with van der Waals surface area (Å²) in [5.41, 5.74) is 1.62. The molecule has 2 aromatic rings. The SMILES string of the molecule is CC(C)c1cccc(NS(=O)(=O)c2ccc3c(c2)OCCO3)c1. The smallest absolute Gasteiger partial charge is 0.262 e. The minimum atomic E-state index is -3.67. The Balaban J connectivity index is 1.88. The Morgan fingerprint density at radius 2 is 1.74 bits per heavy atom. The van der Waals surface area contributed by atoms with Gasteiger partial charge in [-0.2, -0.15) is 0 Å². The third-order valence-corrected chi connectivity index (χ3v) is 5.01. The molecule has 6 heteroatoms. The Morgan fingerprint density at radius 1 is 1.00 bits per heavy atom. The van der Waals surface area contributed by atoms with E-state index in [0.717, 1.165) is 5.56 Å². The summed E-state index contributed by atoms with van der Waals surface area (Å²) >= 11 is 0. The summed E-state index contributed by atoms with van der Waals surface area (Å²) < 4.78 is 38.6. The Bertz CT molecular complexity index is 815. The number of nitrogens with one attached hydrogen (secondary N) is 1. The number of rotatable bonds is 4. The molecule has 0 saturated heterocycles. The number of hydrogen-bond acceptors (Lipinski definition) is 4. The Morgan fingerprint density at radius 3 is 2.48 bits per heavy atom. The fraction of sp³-hybridized carbons (Fsp3) is 0.294. The van der Waals surface area contributed by atoms with Crippen molar-refractivity contribution in [1.29, 1.82) is 0 Å². The number of hydrogen-bond donors (Lipinski definition) is 1. The van der Waals surface area contributed by atoms with E-state index in [9.17, 15) is 8.42 Å². The predicted octanol–water partition coefficient (Wildman–Crippen LogP) is 3.38. The molecule has 0 radical (unpaired) electrons. The van der Waals surface area contributed by atoms with Gasteiger partial charge in [-0.3, -0.25) is 4.72 Å². The summed E-state index contributed by atoms with van der Waals surface area (Å²) in [6.45, 7) is 5.02. The number of anilines is 1. The molecule has 3 rings (SSSR count). The highest BCUT2D eigenvalue weighted by Crippen LogP contribution is 2.32. The first-order valence-electron chi connectivity index (χ1n) is 7.48. The molecule has 0 fully saturated rings.